The minimum Gasteiger partial charge on any atom is -0.378 e. The third kappa shape index (κ3) is 3.65. The van der Waals surface area contributed by atoms with Gasteiger partial charge in [-0.05, 0) is 32.0 Å². The Morgan fingerprint density at radius 3 is 2.29 bits per heavy atom. The number of allylic oxidation sites excluding steroid dienone is 1. The molecule has 0 unspecified atom stereocenters. The van der Waals surface area contributed by atoms with E-state index < -0.39 is 0 Å². The van der Waals surface area contributed by atoms with Gasteiger partial charge in [-0.3, -0.25) is 0 Å². The molecule has 0 amide bonds. The highest BCUT2D eigenvalue weighted by molar-refractivity contribution is 5.17. The molecule has 0 aromatic heterocycles. The van der Waals surface area contributed by atoms with Crippen molar-refractivity contribution < 1.29 is 0 Å². The molecule has 0 aliphatic heterocycles. The van der Waals surface area contributed by atoms with Crippen molar-refractivity contribution in [3.63, 3.8) is 0 Å². The fourth-order valence-electron chi connectivity index (χ4n) is 1.39. The molecule has 1 rings (SSSR count). The van der Waals surface area contributed by atoms with Gasteiger partial charge in [-0.15, -0.1) is 0 Å². The first-order chi connectivity index (χ1) is 6.86. The molecule has 0 heterocycles. The molecule has 0 bridgehead atoms. The van der Waals surface area contributed by atoms with E-state index in [0.717, 1.165) is 19.5 Å². The van der Waals surface area contributed by atoms with Gasteiger partial charge in [0.15, 0.2) is 0 Å². The summed E-state index contributed by atoms with van der Waals surface area (Å²) in [6.07, 6.45) is 5.44. The van der Waals surface area contributed by atoms with Gasteiger partial charge in [0, 0.05) is 13.1 Å². The summed E-state index contributed by atoms with van der Waals surface area (Å²) in [5.41, 5.74) is 1.37. The van der Waals surface area contributed by atoms with Crippen LogP contribution in [-0.4, -0.2) is 18.0 Å². The van der Waals surface area contributed by atoms with E-state index in [9.17, 15) is 0 Å². The quantitative estimate of drug-likeness (QED) is 0.688. The fraction of sp³-hybridized carbons (Fsp3) is 0.385. The van der Waals surface area contributed by atoms with E-state index in [-0.39, 0.29) is 0 Å². The normalized spacial score (nSPS) is 10.7. The van der Waals surface area contributed by atoms with E-state index in [1.807, 2.05) is 0 Å². The second-order valence-corrected chi connectivity index (χ2v) is 3.30. The Morgan fingerprint density at radius 2 is 1.71 bits per heavy atom. The molecule has 1 aromatic rings. The summed E-state index contributed by atoms with van der Waals surface area (Å²) in [4.78, 5) is 2.29. The molecule has 0 saturated heterocycles. The SMILES string of the molecule is CCN(/C=C/Cc1ccccc1)CC. The van der Waals surface area contributed by atoms with Crippen LogP contribution in [0.25, 0.3) is 0 Å². The standard InChI is InChI=1S/C13H19N/c1-3-14(4-2)12-8-11-13-9-6-5-7-10-13/h5-10,12H,3-4,11H2,1-2H3/b12-8+. The van der Waals surface area contributed by atoms with Crippen LogP contribution in [0, 0.1) is 0 Å². The van der Waals surface area contributed by atoms with Gasteiger partial charge in [0.2, 0.25) is 0 Å². The van der Waals surface area contributed by atoms with Crippen LogP contribution in [0.3, 0.4) is 0 Å². The lowest BCUT2D eigenvalue weighted by atomic mass is 10.1. The Balaban J connectivity index is 2.40. The fourth-order valence-corrected chi connectivity index (χ4v) is 1.39. The van der Waals surface area contributed by atoms with Crippen molar-refractivity contribution >= 4 is 0 Å². The van der Waals surface area contributed by atoms with E-state index in [4.69, 9.17) is 0 Å². The lowest BCUT2D eigenvalue weighted by Crippen LogP contribution is -2.15. The third-order valence-electron chi connectivity index (χ3n) is 2.32. The second-order valence-electron chi connectivity index (χ2n) is 3.30. The lowest BCUT2D eigenvalue weighted by Gasteiger charge is -2.14. The van der Waals surface area contributed by atoms with Crippen molar-refractivity contribution in [3.8, 4) is 0 Å². The van der Waals surface area contributed by atoms with Gasteiger partial charge in [0.1, 0.15) is 0 Å². The molecule has 0 saturated carbocycles. The molecular weight excluding hydrogens is 170 g/mol. The smallest absolute Gasteiger partial charge is 0.0143 e. The van der Waals surface area contributed by atoms with E-state index in [1.54, 1.807) is 0 Å². The highest BCUT2D eigenvalue weighted by atomic mass is 15.1. The van der Waals surface area contributed by atoms with Crippen LogP contribution in [-0.2, 0) is 6.42 Å². The third-order valence-corrected chi connectivity index (χ3v) is 2.32. The topological polar surface area (TPSA) is 3.24 Å². The predicted molar refractivity (Wildman–Crippen MR) is 62.2 cm³/mol. The Labute approximate surface area is 87.1 Å². The van der Waals surface area contributed by atoms with Gasteiger partial charge >= 0.3 is 0 Å². The zero-order chi connectivity index (χ0) is 10.2. The molecule has 1 nitrogen and oxygen atoms in total. The van der Waals surface area contributed by atoms with Gasteiger partial charge < -0.3 is 4.90 Å². The molecule has 0 spiro atoms. The molecule has 0 fully saturated rings. The van der Waals surface area contributed by atoms with Gasteiger partial charge in [-0.1, -0.05) is 36.4 Å². The van der Waals surface area contributed by atoms with Gasteiger partial charge in [0.05, 0.1) is 0 Å². The first-order valence-corrected chi connectivity index (χ1v) is 5.31. The largest absolute Gasteiger partial charge is 0.378 e. The van der Waals surface area contributed by atoms with Crippen LogP contribution in [0.15, 0.2) is 42.6 Å². The van der Waals surface area contributed by atoms with E-state index >= 15 is 0 Å². The van der Waals surface area contributed by atoms with Crippen LogP contribution in [0.4, 0.5) is 0 Å². The summed E-state index contributed by atoms with van der Waals surface area (Å²) >= 11 is 0. The van der Waals surface area contributed by atoms with Crippen LogP contribution < -0.4 is 0 Å². The summed E-state index contributed by atoms with van der Waals surface area (Å²) < 4.78 is 0. The number of benzene rings is 1. The summed E-state index contributed by atoms with van der Waals surface area (Å²) in [5.74, 6) is 0. The number of hydrogen-bond donors (Lipinski definition) is 0. The van der Waals surface area contributed by atoms with E-state index in [2.05, 4.69) is 61.4 Å². The minimum absolute atomic E-state index is 1.03. The first kappa shape index (κ1) is 10.8. The number of nitrogens with zero attached hydrogens (tertiary/aromatic N) is 1. The average Bonchev–Trinajstić information content (AvgIpc) is 2.26. The van der Waals surface area contributed by atoms with Crippen molar-refractivity contribution in [2.24, 2.45) is 0 Å². The molecule has 0 aliphatic carbocycles. The van der Waals surface area contributed by atoms with Crippen molar-refractivity contribution in [1.82, 2.24) is 4.90 Å². The molecule has 1 heteroatoms. The van der Waals surface area contributed by atoms with Gasteiger partial charge in [-0.25, -0.2) is 0 Å². The maximum Gasteiger partial charge on any atom is 0.0143 e. The Kier molecular flexibility index (Phi) is 4.84. The summed E-state index contributed by atoms with van der Waals surface area (Å²) in [6, 6.07) is 10.5. The average molecular weight is 189 g/mol. The van der Waals surface area contributed by atoms with E-state index in [0.29, 0.717) is 0 Å². The summed E-state index contributed by atoms with van der Waals surface area (Å²) in [6.45, 7) is 6.52. The van der Waals surface area contributed by atoms with Crippen LogP contribution in [0.5, 0.6) is 0 Å². The number of hydrogen-bond acceptors (Lipinski definition) is 1. The van der Waals surface area contributed by atoms with Crippen LogP contribution in [0.1, 0.15) is 19.4 Å². The zero-order valence-electron chi connectivity index (χ0n) is 9.11. The molecular formula is C13H19N. The van der Waals surface area contributed by atoms with Crippen LogP contribution in [0.2, 0.25) is 0 Å². The van der Waals surface area contributed by atoms with Gasteiger partial charge in [0.25, 0.3) is 0 Å². The Bertz CT molecular complexity index is 260. The van der Waals surface area contributed by atoms with Crippen LogP contribution >= 0.6 is 0 Å². The molecule has 0 N–H and O–H groups in total. The zero-order valence-corrected chi connectivity index (χ0v) is 9.11. The van der Waals surface area contributed by atoms with Crippen molar-refractivity contribution in [2.45, 2.75) is 20.3 Å². The Morgan fingerprint density at radius 1 is 1.07 bits per heavy atom. The maximum atomic E-state index is 2.29. The van der Waals surface area contributed by atoms with Crippen molar-refractivity contribution in [1.29, 1.82) is 0 Å². The second kappa shape index (κ2) is 6.25. The predicted octanol–water partition coefficient (Wildman–Crippen LogP) is 3.08. The highest BCUT2D eigenvalue weighted by Gasteiger charge is 1.89. The molecule has 0 aliphatic rings. The molecule has 0 radical (unpaired) electrons. The molecule has 76 valence electrons. The van der Waals surface area contributed by atoms with Crippen molar-refractivity contribution in [2.75, 3.05) is 13.1 Å². The summed E-state index contributed by atoms with van der Waals surface area (Å²) in [5, 5.41) is 0. The summed E-state index contributed by atoms with van der Waals surface area (Å²) in [7, 11) is 0. The monoisotopic (exact) mass is 189 g/mol. The highest BCUT2D eigenvalue weighted by Crippen LogP contribution is 2.00. The number of rotatable bonds is 5. The van der Waals surface area contributed by atoms with E-state index in [1.165, 1.54) is 5.56 Å². The first-order valence-electron chi connectivity index (χ1n) is 5.31. The lowest BCUT2D eigenvalue weighted by molar-refractivity contribution is 0.418. The molecule has 1 aromatic carbocycles. The molecule has 0 atom stereocenters. The van der Waals surface area contributed by atoms with Crippen molar-refractivity contribution in [3.05, 3.63) is 48.2 Å². The van der Waals surface area contributed by atoms with Gasteiger partial charge in [-0.2, -0.15) is 0 Å². The Hall–Kier alpha value is -1.24. The minimum atomic E-state index is 1.03. The maximum absolute atomic E-state index is 2.29. The molecule has 14 heavy (non-hydrogen) atoms.